The number of hydrogen-bond donors (Lipinski definition) is 0. The van der Waals surface area contributed by atoms with Crippen molar-refractivity contribution in [2.45, 2.75) is 91.3 Å². The second-order valence-electron chi connectivity index (χ2n) is 8.14. The summed E-state index contributed by atoms with van der Waals surface area (Å²) in [6.45, 7) is 17.9. The Morgan fingerprint density at radius 3 is 2.09 bits per heavy atom. The highest BCUT2D eigenvalue weighted by Crippen LogP contribution is 2.45. The maximum Gasteiger partial charge on any atom is 0.258 e. The lowest BCUT2D eigenvalue weighted by molar-refractivity contribution is -0.117. The van der Waals surface area contributed by atoms with Crippen molar-refractivity contribution in [2.75, 3.05) is 0 Å². The second-order valence-corrected chi connectivity index (χ2v) is 13.5. The van der Waals surface area contributed by atoms with E-state index in [0.717, 1.165) is 12.8 Å². The van der Waals surface area contributed by atoms with Crippen LogP contribution in [0.3, 0.4) is 0 Å². The minimum absolute atomic E-state index is 0.287. The van der Waals surface area contributed by atoms with Gasteiger partial charge in [-0.05, 0) is 47.9 Å². The van der Waals surface area contributed by atoms with Gasteiger partial charge in [-0.3, -0.25) is 0 Å². The third-order valence-electron chi connectivity index (χ3n) is 5.52. The number of carbonyl (C=O) groups is 1. The van der Waals surface area contributed by atoms with Crippen LogP contribution in [0.1, 0.15) is 74.7 Å². The minimum Gasteiger partial charge on any atom is -0.546 e. The number of allylic oxidation sites excluding steroid dienone is 2. The quantitative estimate of drug-likeness (QED) is 0.530. The summed E-state index contributed by atoms with van der Waals surface area (Å²) in [5.41, 5.74) is 1.79. The van der Waals surface area contributed by atoms with Crippen LogP contribution in [0.4, 0.5) is 0 Å². The first kappa shape index (κ1) is 19.5. The number of Topliss-reactive ketones (excluding diaryl/α,β-unsaturated/α-hetero) is 1. The SMILES string of the molecule is CC(=O)C[C@@H]1C=C(O[Si](C(C)C)(C(C)C)C(C)C)CC[C@@H]1C. The highest BCUT2D eigenvalue weighted by molar-refractivity contribution is 6.77. The molecule has 0 heterocycles. The standard InChI is InChI=1S/C19H36O2Si/c1-13(2)22(14(3)4,15(5)6)21-19-10-9-16(7)18(12-19)11-17(8)20/h12-16,18H,9-11H2,1-8H3/t16-,18+/m0/s1. The fraction of sp³-hybridized carbons (Fsp3) is 0.842. The first-order valence-electron chi connectivity index (χ1n) is 9.00. The fourth-order valence-corrected chi connectivity index (χ4v) is 9.66. The monoisotopic (exact) mass is 324 g/mol. The molecular weight excluding hydrogens is 288 g/mol. The molecule has 0 spiro atoms. The summed E-state index contributed by atoms with van der Waals surface area (Å²) in [6, 6.07) is 0. The van der Waals surface area contributed by atoms with Crippen molar-refractivity contribution in [3.8, 4) is 0 Å². The second kappa shape index (κ2) is 7.81. The fourth-order valence-electron chi connectivity index (χ4n) is 4.33. The van der Waals surface area contributed by atoms with Gasteiger partial charge in [0, 0.05) is 12.8 Å². The van der Waals surface area contributed by atoms with Crippen LogP contribution >= 0.6 is 0 Å². The predicted octanol–water partition coefficient (Wildman–Crippen LogP) is 6.09. The van der Waals surface area contributed by atoms with E-state index in [2.05, 4.69) is 54.5 Å². The molecule has 0 bridgehead atoms. The zero-order valence-electron chi connectivity index (χ0n) is 15.9. The van der Waals surface area contributed by atoms with Crippen molar-refractivity contribution in [3.05, 3.63) is 11.8 Å². The van der Waals surface area contributed by atoms with Gasteiger partial charge in [0.2, 0.25) is 0 Å². The van der Waals surface area contributed by atoms with Crippen LogP contribution < -0.4 is 0 Å². The Hall–Kier alpha value is -0.573. The number of ketones is 1. The van der Waals surface area contributed by atoms with Crippen LogP contribution in [0.5, 0.6) is 0 Å². The van der Waals surface area contributed by atoms with E-state index in [-0.39, 0.29) is 5.78 Å². The zero-order valence-corrected chi connectivity index (χ0v) is 16.9. The smallest absolute Gasteiger partial charge is 0.258 e. The van der Waals surface area contributed by atoms with Gasteiger partial charge in [-0.1, -0.05) is 48.5 Å². The van der Waals surface area contributed by atoms with Gasteiger partial charge in [0.05, 0.1) is 5.76 Å². The average molecular weight is 325 g/mol. The number of rotatable bonds is 7. The summed E-state index contributed by atoms with van der Waals surface area (Å²) in [4.78, 5) is 11.5. The van der Waals surface area contributed by atoms with Gasteiger partial charge < -0.3 is 9.22 Å². The van der Waals surface area contributed by atoms with E-state index in [1.807, 2.05) is 0 Å². The van der Waals surface area contributed by atoms with Crippen molar-refractivity contribution in [3.63, 3.8) is 0 Å². The van der Waals surface area contributed by atoms with Crippen molar-refractivity contribution in [1.29, 1.82) is 0 Å². The number of carbonyl (C=O) groups excluding carboxylic acids is 1. The first-order chi connectivity index (χ1) is 10.1. The molecule has 128 valence electrons. The minimum atomic E-state index is -1.86. The molecule has 1 aliphatic carbocycles. The van der Waals surface area contributed by atoms with Gasteiger partial charge in [-0.25, -0.2) is 0 Å². The molecule has 0 aromatic heterocycles. The molecule has 0 aliphatic heterocycles. The van der Waals surface area contributed by atoms with Gasteiger partial charge in [0.15, 0.2) is 0 Å². The van der Waals surface area contributed by atoms with Gasteiger partial charge in [-0.15, -0.1) is 0 Å². The maximum atomic E-state index is 11.5. The Kier molecular flexibility index (Phi) is 6.91. The number of hydrogen-bond acceptors (Lipinski definition) is 2. The van der Waals surface area contributed by atoms with Gasteiger partial charge >= 0.3 is 0 Å². The molecule has 2 atom stereocenters. The molecule has 2 nitrogen and oxygen atoms in total. The normalized spacial score (nSPS) is 23.1. The largest absolute Gasteiger partial charge is 0.546 e. The third-order valence-corrected chi connectivity index (χ3v) is 11.5. The Balaban J connectivity index is 3.05. The molecule has 0 saturated heterocycles. The van der Waals surface area contributed by atoms with Crippen LogP contribution in [-0.2, 0) is 9.22 Å². The van der Waals surface area contributed by atoms with Crippen molar-refractivity contribution in [1.82, 2.24) is 0 Å². The molecule has 1 aliphatic rings. The molecule has 3 heteroatoms. The topological polar surface area (TPSA) is 26.3 Å². The molecule has 0 amide bonds. The van der Waals surface area contributed by atoms with Crippen molar-refractivity contribution < 1.29 is 9.22 Å². The lowest BCUT2D eigenvalue weighted by Gasteiger charge is -2.44. The summed E-state index contributed by atoms with van der Waals surface area (Å²) in [7, 11) is -1.86. The van der Waals surface area contributed by atoms with Crippen LogP contribution in [0, 0.1) is 11.8 Å². The Morgan fingerprint density at radius 2 is 1.68 bits per heavy atom. The maximum absolute atomic E-state index is 11.5. The summed E-state index contributed by atoms with van der Waals surface area (Å²) >= 11 is 0. The first-order valence-corrected chi connectivity index (χ1v) is 11.1. The summed E-state index contributed by atoms with van der Waals surface area (Å²) in [6.07, 6.45) is 5.12. The molecule has 0 N–H and O–H groups in total. The molecular formula is C19H36O2Si. The van der Waals surface area contributed by atoms with E-state index in [0.29, 0.717) is 34.9 Å². The molecule has 0 unspecified atom stereocenters. The van der Waals surface area contributed by atoms with E-state index in [1.54, 1.807) is 6.92 Å². The lowest BCUT2D eigenvalue weighted by Crippen LogP contribution is -2.47. The molecule has 0 aromatic carbocycles. The van der Waals surface area contributed by atoms with E-state index in [1.165, 1.54) is 5.76 Å². The molecule has 1 rings (SSSR count). The Labute approximate surface area is 138 Å². The van der Waals surface area contributed by atoms with Crippen molar-refractivity contribution >= 4 is 14.1 Å². The predicted molar refractivity (Wildman–Crippen MR) is 97.4 cm³/mol. The van der Waals surface area contributed by atoms with Gasteiger partial charge in [0.25, 0.3) is 8.32 Å². The zero-order chi connectivity index (χ0) is 17.1. The van der Waals surface area contributed by atoms with Crippen molar-refractivity contribution in [2.24, 2.45) is 11.8 Å². The van der Waals surface area contributed by atoms with Crippen LogP contribution in [-0.4, -0.2) is 14.1 Å². The van der Waals surface area contributed by atoms with Gasteiger partial charge in [0.1, 0.15) is 5.78 Å². The van der Waals surface area contributed by atoms with E-state index in [4.69, 9.17) is 4.43 Å². The summed E-state index contributed by atoms with van der Waals surface area (Å²) in [5, 5.41) is 0. The van der Waals surface area contributed by atoms with E-state index >= 15 is 0 Å². The summed E-state index contributed by atoms with van der Waals surface area (Å²) in [5.74, 6) is 2.41. The van der Waals surface area contributed by atoms with Crippen LogP contribution in [0.15, 0.2) is 11.8 Å². The van der Waals surface area contributed by atoms with Gasteiger partial charge in [-0.2, -0.15) is 0 Å². The molecule has 0 saturated carbocycles. The highest BCUT2D eigenvalue weighted by Gasteiger charge is 2.47. The highest BCUT2D eigenvalue weighted by atomic mass is 28.4. The Morgan fingerprint density at radius 1 is 1.18 bits per heavy atom. The van der Waals surface area contributed by atoms with Crippen LogP contribution in [0.2, 0.25) is 16.6 Å². The molecule has 0 radical (unpaired) electrons. The van der Waals surface area contributed by atoms with E-state index < -0.39 is 8.32 Å². The average Bonchev–Trinajstić information content (AvgIpc) is 2.37. The van der Waals surface area contributed by atoms with Crippen LogP contribution in [0.25, 0.3) is 0 Å². The van der Waals surface area contributed by atoms with E-state index in [9.17, 15) is 4.79 Å². The summed E-state index contributed by atoms with van der Waals surface area (Å²) < 4.78 is 6.81. The lowest BCUT2D eigenvalue weighted by atomic mass is 9.82. The molecule has 0 fully saturated rings. The third kappa shape index (κ3) is 4.24. The Bertz CT molecular complexity index is 388. The molecule has 0 aromatic rings. The molecule has 22 heavy (non-hydrogen) atoms.